The van der Waals surface area contributed by atoms with Gasteiger partial charge in [-0.2, -0.15) is 0 Å². The summed E-state index contributed by atoms with van der Waals surface area (Å²) in [7, 11) is 0. The lowest BCUT2D eigenvalue weighted by Gasteiger charge is -2.05. The minimum absolute atomic E-state index is 0.0212. The van der Waals surface area contributed by atoms with Gasteiger partial charge in [0.05, 0.1) is 12.8 Å². The molecule has 0 aliphatic carbocycles. The molecule has 0 N–H and O–H groups in total. The second kappa shape index (κ2) is 4.71. The zero-order valence-electron chi connectivity index (χ0n) is 9.14. The molecule has 0 bridgehead atoms. The van der Waals surface area contributed by atoms with Crippen molar-refractivity contribution in [3.05, 3.63) is 56.8 Å². The fourth-order valence-corrected chi connectivity index (χ4v) is 2.12. The van der Waals surface area contributed by atoms with E-state index < -0.39 is 0 Å². The van der Waals surface area contributed by atoms with Crippen molar-refractivity contribution < 1.29 is 9.21 Å². The average Bonchev–Trinajstić information content (AvgIpc) is 2.78. The SMILES string of the molecule is Cc1cc(Br)cn(CC(=O)c2ccco2)c1=O. The Bertz CT molecular complexity index is 599. The van der Waals surface area contributed by atoms with Crippen LogP contribution < -0.4 is 5.56 Å². The van der Waals surface area contributed by atoms with Crippen LogP contribution in [-0.4, -0.2) is 10.4 Å². The Morgan fingerprint density at radius 2 is 2.29 bits per heavy atom. The first-order valence-corrected chi connectivity index (χ1v) is 5.80. The lowest BCUT2D eigenvalue weighted by atomic mass is 10.2. The molecule has 0 aliphatic heterocycles. The normalized spacial score (nSPS) is 10.5. The molecule has 2 aromatic rings. The summed E-state index contributed by atoms with van der Waals surface area (Å²) in [4.78, 5) is 23.6. The van der Waals surface area contributed by atoms with E-state index in [-0.39, 0.29) is 23.6 Å². The minimum atomic E-state index is -0.227. The van der Waals surface area contributed by atoms with Crippen molar-refractivity contribution >= 4 is 21.7 Å². The number of Topliss-reactive ketones (excluding diaryl/α,β-unsaturated/α-hetero) is 1. The van der Waals surface area contributed by atoms with Crippen molar-refractivity contribution in [2.45, 2.75) is 13.5 Å². The van der Waals surface area contributed by atoms with Crippen molar-refractivity contribution in [1.29, 1.82) is 0 Å². The molecule has 4 nitrogen and oxygen atoms in total. The molecule has 0 fully saturated rings. The van der Waals surface area contributed by atoms with E-state index in [0.29, 0.717) is 5.56 Å². The van der Waals surface area contributed by atoms with Gasteiger partial charge in [0.25, 0.3) is 5.56 Å². The van der Waals surface area contributed by atoms with Gasteiger partial charge in [-0.1, -0.05) is 0 Å². The van der Waals surface area contributed by atoms with Crippen LogP contribution in [0.5, 0.6) is 0 Å². The van der Waals surface area contributed by atoms with Gasteiger partial charge in [-0.15, -0.1) is 0 Å². The number of aryl methyl sites for hydroxylation is 1. The Balaban J connectivity index is 2.31. The third-order valence-electron chi connectivity index (χ3n) is 2.34. The number of carbonyl (C=O) groups excluding carboxylic acids is 1. The quantitative estimate of drug-likeness (QED) is 0.817. The summed E-state index contributed by atoms with van der Waals surface area (Å²) >= 11 is 3.29. The van der Waals surface area contributed by atoms with Gasteiger partial charge in [0, 0.05) is 16.2 Å². The molecule has 2 aromatic heterocycles. The summed E-state index contributed by atoms with van der Waals surface area (Å²) in [5.74, 6) is 0.0316. The van der Waals surface area contributed by atoms with Gasteiger partial charge in [0.1, 0.15) is 0 Å². The maximum absolute atomic E-state index is 11.8. The lowest BCUT2D eigenvalue weighted by Crippen LogP contribution is -2.25. The van der Waals surface area contributed by atoms with E-state index in [1.807, 2.05) is 0 Å². The van der Waals surface area contributed by atoms with Crippen LogP contribution in [0.3, 0.4) is 0 Å². The number of pyridine rings is 1. The zero-order chi connectivity index (χ0) is 12.4. The monoisotopic (exact) mass is 295 g/mol. The van der Waals surface area contributed by atoms with E-state index in [1.165, 1.54) is 10.8 Å². The zero-order valence-corrected chi connectivity index (χ0v) is 10.7. The smallest absolute Gasteiger partial charge is 0.253 e. The number of aromatic nitrogens is 1. The topological polar surface area (TPSA) is 52.2 Å². The van der Waals surface area contributed by atoms with Crippen molar-refractivity contribution in [2.75, 3.05) is 0 Å². The summed E-state index contributed by atoms with van der Waals surface area (Å²) in [6, 6.07) is 4.94. The number of halogens is 1. The molecular weight excluding hydrogens is 286 g/mol. The first kappa shape index (κ1) is 11.9. The maximum atomic E-state index is 11.8. The van der Waals surface area contributed by atoms with Crippen LogP contribution >= 0.6 is 15.9 Å². The first-order chi connectivity index (χ1) is 8.08. The molecule has 0 aliphatic rings. The Morgan fingerprint density at radius 3 is 2.94 bits per heavy atom. The molecule has 17 heavy (non-hydrogen) atoms. The molecule has 0 unspecified atom stereocenters. The van der Waals surface area contributed by atoms with Crippen LogP contribution in [0.2, 0.25) is 0 Å². The van der Waals surface area contributed by atoms with Gasteiger partial charge in [-0.05, 0) is 41.1 Å². The van der Waals surface area contributed by atoms with Crippen LogP contribution in [0.4, 0.5) is 0 Å². The van der Waals surface area contributed by atoms with E-state index in [4.69, 9.17) is 4.42 Å². The highest BCUT2D eigenvalue weighted by molar-refractivity contribution is 9.10. The molecule has 0 atom stereocenters. The predicted molar refractivity (Wildman–Crippen MR) is 66.2 cm³/mol. The molecule has 0 saturated carbocycles. The Kier molecular flexibility index (Phi) is 3.28. The molecule has 0 saturated heterocycles. The predicted octanol–water partition coefficient (Wildman–Crippen LogP) is 2.40. The van der Waals surface area contributed by atoms with Gasteiger partial charge >= 0.3 is 0 Å². The van der Waals surface area contributed by atoms with Gasteiger partial charge < -0.3 is 8.98 Å². The summed E-state index contributed by atoms with van der Waals surface area (Å²) in [6.07, 6.45) is 3.03. The molecule has 2 rings (SSSR count). The molecule has 88 valence electrons. The third kappa shape index (κ3) is 2.55. The number of furan rings is 1. The van der Waals surface area contributed by atoms with Gasteiger partial charge in [-0.25, -0.2) is 0 Å². The molecule has 0 amide bonds. The summed E-state index contributed by atoms with van der Waals surface area (Å²) in [6.45, 7) is 1.69. The fraction of sp³-hybridized carbons (Fsp3) is 0.167. The standard InChI is InChI=1S/C12H10BrNO3/c1-8-5-9(13)6-14(12(8)16)7-10(15)11-3-2-4-17-11/h2-6H,7H2,1H3. The van der Waals surface area contributed by atoms with Crippen molar-refractivity contribution in [1.82, 2.24) is 4.57 Å². The fourth-order valence-electron chi connectivity index (χ4n) is 1.53. The summed E-state index contributed by atoms with van der Waals surface area (Å²) in [5.41, 5.74) is 0.416. The van der Waals surface area contributed by atoms with Crippen molar-refractivity contribution in [3.63, 3.8) is 0 Å². The highest BCUT2D eigenvalue weighted by Gasteiger charge is 2.11. The van der Waals surface area contributed by atoms with E-state index >= 15 is 0 Å². The average molecular weight is 296 g/mol. The minimum Gasteiger partial charge on any atom is -0.461 e. The largest absolute Gasteiger partial charge is 0.461 e. The molecule has 0 radical (unpaired) electrons. The van der Waals surface area contributed by atoms with Gasteiger partial charge in [0.15, 0.2) is 5.76 Å². The van der Waals surface area contributed by atoms with Crippen LogP contribution in [0, 0.1) is 6.92 Å². The van der Waals surface area contributed by atoms with Crippen molar-refractivity contribution in [3.8, 4) is 0 Å². The van der Waals surface area contributed by atoms with Crippen LogP contribution in [0.25, 0.3) is 0 Å². The van der Waals surface area contributed by atoms with E-state index in [9.17, 15) is 9.59 Å². The second-order valence-electron chi connectivity index (χ2n) is 3.67. The van der Waals surface area contributed by atoms with Crippen LogP contribution in [-0.2, 0) is 6.54 Å². The van der Waals surface area contributed by atoms with E-state index in [0.717, 1.165) is 4.47 Å². The van der Waals surface area contributed by atoms with Gasteiger partial charge in [-0.3, -0.25) is 9.59 Å². The molecule has 2 heterocycles. The van der Waals surface area contributed by atoms with E-state index in [1.54, 1.807) is 31.3 Å². The Labute approximate surface area is 106 Å². The van der Waals surface area contributed by atoms with Crippen molar-refractivity contribution in [2.24, 2.45) is 0 Å². The highest BCUT2D eigenvalue weighted by atomic mass is 79.9. The highest BCUT2D eigenvalue weighted by Crippen LogP contribution is 2.09. The molecule has 0 aromatic carbocycles. The summed E-state index contributed by atoms with van der Waals surface area (Å²) < 4.78 is 7.12. The number of ketones is 1. The molecule has 5 heteroatoms. The number of hydrogen-bond acceptors (Lipinski definition) is 3. The molecule has 0 spiro atoms. The Morgan fingerprint density at radius 1 is 1.53 bits per heavy atom. The number of hydrogen-bond donors (Lipinski definition) is 0. The van der Waals surface area contributed by atoms with Crippen LogP contribution in [0.1, 0.15) is 16.1 Å². The molecular formula is C12H10BrNO3. The Hall–Kier alpha value is -1.62. The second-order valence-corrected chi connectivity index (χ2v) is 4.59. The number of carbonyl (C=O) groups is 1. The summed E-state index contributed by atoms with van der Waals surface area (Å²) in [5, 5.41) is 0. The maximum Gasteiger partial charge on any atom is 0.253 e. The van der Waals surface area contributed by atoms with Gasteiger partial charge in [0.2, 0.25) is 5.78 Å². The van der Waals surface area contributed by atoms with Crippen LogP contribution in [0.15, 0.2) is 44.3 Å². The lowest BCUT2D eigenvalue weighted by molar-refractivity contribution is 0.0943. The third-order valence-corrected chi connectivity index (χ3v) is 2.78. The number of nitrogens with zero attached hydrogens (tertiary/aromatic N) is 1. The first-order valence-electron chi connectivity index (χ1n) is 5.01. The number of rotatable bonds is 3. The van der Waals surface area contributed by atoms with E-state index in [2.05, 4.69) is 15.9 Å².